The molecule has 0 aliphatic carbocycles. The first-order chi connectivity index (χ1) is 20.4. The Morgan fingerprint density at radius 1 is 0.907 bits per heavy atom. The maximum absolute atomic E-state index is 11.1. The van der Waals surface area contributed by atoms with Crippen molar-refractivity contribution in [2.75, 3.05) is 31.9 Å². The lowest BCUT2D eigenvalue weighted by atomic mass is 10.1. The number of nitrogens with zero attached hydrogens (tertiary/aromatic N) is 5. The van der Waals surface area contributed by atoms with Crippen molar-refractivity contribution >= 4 is 32.9 Å². The van der Waals surface area contributed by atoms with Gasteiger partial charge in [-0.05, 0) is 46.0 Å². The Bertz CT molecular complexity index is 1210. The minimum absolute atomic E-state index is 0.0678. The highest BCUT2D eigenvalue weighted by Crippen LogP contribution is 2.44. The molecule has 0 amide bonds. The van der Waals surface area contributed by atoms with Crippen molar-refractivity contribution < 1.29 is 31.7 Å². The highest BCUT2D eigenvalue weighted by atomic mass is 35.5. The van der Waals surface area contributed by atoms with Crippen molar-refractivity contribution in [3.05, 3.63) is 17.8 Å². The van der Waals surface area contributed by atoms with E-state index >= 15 is 0 Å². The van der Waals surface area contributed by atoms with E-state index in [9.17, 15) is 8.42 Å². The molecule has 0 bridgehead atoms. The molecule has 1 N–H and O–H groups in total. The Hall–Kier alpha value is -1.41. The zero-order chi connectivity index (χ0) is 31.7. The van der Waals surface area contributed by atoms with Crippen LogP contribution in [0.1, 0.15) is 106 Å². The lowest BCUT2D eigenvalue weighted by Crippen LogP contribution is -2.50. The minimum atomic E-state index is -4.11. The SMILES string of the molecule is CC1(C)O[C@@H]2[C@H](O1)[C@@H](CCS(=O)(=O)O)O[C@H]2n1cnc2c(Cl)ncnc21.CCCC[N+](CCCC)(CCCC)CCCC. The summed E-state index contributed by atoms with van der Waals surface area (Å²) in [5.74, 6) is -1.28. The van der Waals surface area contributed by atoms with Gasteiger partial charge in [0.05, 0.1) is 44.4 Å². The number of halogens is 1. The van der Waals surface area contributed by atoms with E-state index in [0.717, 1.165) is 0 Å². The second-order valence-electron chi connectivity index (χ2n) is 12.3. The van der Waals surface area contributed by atoms with Crippen molar-refractivity contribution in [1.29, 1.82) is 0 Å². The standard InChI is InChI=1S/C16H36N.C14H17ClN4O6S/c1-5-9-13-17(14-10-6-2,15-11-7-3)16-12-8-4;1-14(2)24-9-7(3-4-26(20,21)22)23-13(10(9)25-14)19-6-18-8-11(15)16-5-17-12(8)19/h5-16H2,1-4H3;5-7,9-10,13H,3-4H2,1-2H3,(H,20,21,22)/q+1;/t;7-,9-,10-,13-/m.1/s1. The van der Waals surface area contributed by atoms with Crippen LogP contribution in [0.2, 0.25) is 5.15 Å². The zero-order valence-corrected chi connectivity index (χ0v) is 28.4. The van der Waals surface area contributed by atoms with Crippen molar-refractivity contribution in [2.45, 2.75) is 130 Å². The summed E-state index contributed by atoms with van der Waals surface area (Å²) in [5.41, 5.74) is 0.895. The number of unbranched alkanes of at least 4 members (excludes halogenated alkanes) is 4. The lowest BCUT2D eigenvalue weighted by Gasteiger charge is -2.39. The van der Waals surface area contributed by atoms with E-state index < -0.39 is 46.2 Å². The summed E-state index contributed by atoms with van der Waals surface area (Å²) >= 11 is 6.04. The first-order valence-corrected chi connectivity index (χ1v) is 18.0. The van der Waals surface area contributed by atoms with Gasteiger partial charge in [-0.15, -0.1) is 0 Å². The molecule has 4 atom stereocenters. The predicted octanol–water partition coefficient (Wildman–Crippen LogP) is 6.18. The van der Waals surface area contributed by atoms with E-state index in [1.54, 1.807) is 18.4 Å². The van der Waals surface area contributed by atoms with Crippen LogP contribution in [-0.4, -0.2) is 93.0 Å². The first-order valence-electron chi connectivity index (χ1n) is 16.0. The summed E-state index contributed by atoms with van der Waals surface area (Å²) in [6.07, 6.45) is 11.8. The van der Waals surface area contributed by atoms with E-state index in [0.29, 0.717) is 11.2 Å². The minimum Gasteiger partial charge on any atom is -0.349 e. The van der Waals surface area contributed by atoms with Crippen LogP contribution in [0, 0.1) is 0 Å². The highest BCUT2D eigenvalue weighted by Gasteiger charge is 2.56. The third-order valence-electron chi connectivity index (χ3n) is 8.32. The number of ether oxygens (including phenoxy) is 3. The second kappa shape index (κ2) is 16.2. The fourth-order valence-electron chi connectivity index (χ4n) is 6.03. The monoisotopic (exact) mass is 646 g/mol. The summed E-state index contributed by atoms with van der Waals surface area (Å²) in [6, 6.07) is 0. The molecule has 0 unspecified atom stereocenters. The number of imidazole rings is 1. The fraction of sp³-hybridized carbons (Fsp3) is 0.833. The number of quaternary nitrogens is 1. The normalized spacial score (nSPS) is 23.3. The molecule has 43 heavy (non-hydrogen) atoms. The molecule has 13 heteroatoms. The van der Waals surface area contributed by atoms with Gasteiger partial charge in [0.1, 0.15) is 24.1 Å². The van der Waals surface area contributed by atoms with Gasteiger partial charge in [0.25, 0.3) is 10.1 Å². The predicted molar refractivity (Wildman–Crippen MR) is 168 cm³/mol. The number of aromatic nitrogens is 4. The molecule has 4 rings (SSSR count). The molecule has 4 heterocycles. The van der Waals surface area contributed by atoms with Gasteiger partial charge < -0.3 is 18.7 Å². The van der Waals surface area contributed by atoms with Crippen LogP contribution in [0.25, 0.3) is 11.2 Å². The Morgan fingerprint density at radius 2 is 1.44 bits per heavy atom. The molecule has 246 valence electrons. The second-order valence-corrected chi connectivity index (χ2v) is 14.3. The van der Waals surface area contributed by atoms with Gasteiger partial charge in [-0.1, -0.05) is 65.0 Å². The van der Waals surface area contributed by atoms with Crippen LogP contribution in [-0.2, 0) is 24.3 Å². The molecular weight excluding hydrogens is 594 g/mol. The van der Waals surface area contributed by atoms with E-state index in [1.807, 2.05) is 0 Å². The van der Waals surface area contributed by atoms with E-state index in [-0.39, 0.29) is 11.6 Å². The van der Waals surface area contributed by atoms with E-state index in [1.165, 1.54) is 94.7 Å². The maximum atomic E-state index is 11.1. The quantitative estimate of drug-likeness (QED) is 0.129. The summed E-state index contributed by atoms with van der Waals surface area (Å²) in [7, 11) is -4.11. The van der Waals surface area contributed by atoms with Gasteiger partial charge in [-0.25, -0.2) is 15.0 Å². The summed E-state index contributed by atoms with van der Waals surface area (Å²) < 4.78 is 52.2. The highest BCUT2D eigenvalue weighted by molar-refractivity contribution is 7.85. The van der Waals surface area contributed by atoms with Gasteiger partial charge >= 0.3 is 0 Å². The van der Waals surface area contributed by atoms with E-state index in [2.05, 4.69) is 42.6 Å². The Labute approximate surface area is 263 Å². The van der Waals surface area contributed by atoms with Gasteiger partial charge in [0, 0.05) is 0 Å². The molecule has 2 aliphatic rings. The molecule has 0 saturated carbocycles. The number of hydrogen-bond acceptors (Lipinski definition) is 8. The van der Waals surface area contributed by atoms with Gasteiger partial charge in [0.2, 0.25) is 0 Å². The van der Waals surface area contributed by atoms with Crippen molar-refractivity contribution in [1.82, 2.24) is 19.5 Å². The average molecular weight is 647 g/mol. The number of hydrogen-bond donors (Lipinski definition) is 1. The summed E-state index contributed by atoms with van der Waals surface area (Å²) in [6.45, 7) is 18.6. The van der Waals surface area contributed by atoms with Crippen LogP contribution in [0.15, 0.2) is 12.7 Å². The first kappa shape index (κ1) is 36.1. The van der Waals surface area contributed by atoms with Crippen LogP contribution in [0.3, 0.4) is 0 Å². The molecule has 2 aromatic heterocycles. The topological polar surface area (TPSA) is 126 Å². The zero-order valence-electron chi connectivity index (χ0n) is 26.9. The van der Waals surface area contributed by atoms with Gasteiger partial charge in [-0.3, -0.25) is 9.12 Å². The number of fused-ring (bicyclic) bond motifs is 2. The summed E-state index contributed by atoms with van der Waals surface area (Å²) in [5, 5.41) is 0.218. The third kappa shape index (κ3) is 10.0. The molecule has 0 spiro atoms. The largest absolute Gasteiger partial charge is 0.349 e. The molecule has 11 nitrogen and oxygen atoms in total. The van der Waals surface area contributed by atoms with Crippen molar-refractivity contribution in [3.63, 3.8) is 0 Å². The Balaban J connectivity index is 0.000000261. The maximum Gasteiger partial charge on any atom is 0.264 e. The van der Waals surface area contributed by atoms with Crippen LogP contribution >= 0.6 is 11.6 Å². The molecule has 0 radical (unpaired) electrons. The van der Waals surface area contributed by atoms with E-state index in [4.69, 9.17) is 30.4 Å². The van der Waals surface area contributed by atoms with Crippen LogP contribution < -0.4 is 0 Å². The van der Waals surface area contributed by atoms with Crippen molar-refractivity contribution in [3.8, 4) is 0 Å². The Morgan fingerprint density at radius 3 is 1.95 bits per heavy atom. The average Bonchev–Trinajstić information content (AvgIpc) is 3.62. The molecular formula is C30H53ClN5O6S+. The molecule has 2 saturated heterocycles. The molecule has 2 aromatic rings. The van der Waals surface area contributed by atoms with Crippen molar-refractivity contribution in [2.24, 2.45) is 0 Å². The van der Waals surface area contributed by atoms with Gasteiger partial charge in [0.15, 0.2) is 22.8 Å². The third-order valence-corrected chi connectivity index (χ3v) is 9.35. The lowest BCUT2D eigenvalue weighted by molar-refractivity contribution is -0.929. The smallest absolute Gasteiger partial charge is 0.264 e. The molecule has 0 aromatic carbocycles. The molecule has 2 fully saturated rings. The van der Waals surface area contributed by atoms with Crippen LogP contribution in [0.5, 0.6) is 0 Å². The van der Waals surface area contributed by atoms with Gasteiger partial charge in [-0.2, -0.15) is 8.42 Å². The molecule has 2 aliphatic heterocycles. The van der Waals surface area contributed by atoms with Crippen LogP contribution in [0.4, 0.5) is 0 Å². The Kier molecular flexibility index (Phi) is 13.6. The number of rotatable bonds is 16. The summed E-state index contributed by atoms with van der Waals surface area (Å²) in [4.78, 5) is 12.3. The fourth-order valence-corrected chi connectivity index (χ4v) is 6.74.